The van der Waals surface area contributed by atoms with Crippen LogP contribution in [-0.2, 0) is 0 Å². The van der Waals surface area contributed by atoms with Crippen LogP contribution >= 0.6 is 12.4 Å². The van der Waals surface area contributed by atoms with Crippen LogP contribution < -0.4 is 5.73 Å². The fraction of sp³-hybridized carbons (Fsp3) is 0.368. The summed E-state index contributed by atoms with van der Waals surface area (Å²) in [7, 11) is 2.21. The van der Waals surface area contributed by atoms with E-state index in [2.05, 4.69) is 74.3 Å². The number of halogens is 1. The predicted molar refractivity (Wildman–Crippen MR) is 96.4 cm³/mol. The molecule has 22 heavy (non-hydrogen) atoms. The van der Waals surface area contributed by atoms with Crippen molar-refractivity contribution >= 4 is 12.4 Å². The van der Waals surface area contributed by atoms with Crippen LogP contribution in [0.1, 0.15) is 31.0 Å². The molecule has 1 aliphatic carbocycles. The van der Waals surface area contributed by atoms with Gasteiger partial charge in [-0.05, 0) is 41.3 Å². The average molecular weight is 317 g/mol. The summed E-state index contributed by atoms with van der Waals surface area (Å²) in [5, 5.41) is 0. The van der Waals surface area contributed by atoms with E-state index in [1.54, 1.807) is 0 Å². The lowest BCUT2D eigenvalue weighted by molar-refractivity contribution is 0.186. The van der Waals surface area contributed by atoms with Crippen molar-refractivity contribution in [2.45, 2.75) is 19.9 Å². The van der Waals surface area contributed by atoms with Gasteiger partial charge in [-0.25, -0.2) is 0 Å². The molecule has 2 nitrogen and oxygen atoms in total. The van der Waals surface area contributed by atoms with Crippen molar-refractivity contribution < 1.29 is 0 Å². The van der Waals surface area contributed by atoms with Gasteiger partial charge in [0.15, 0.2) is 0 Å². The second-order valence-electron chi connectivity index (χ2n) is 6.86. The molecule has 2 aromatic carbocycles. The van der Waals surface area contributed by atoms with Gasteiger partial charge in [0.1, 0.15) is 0 Å². The monoisotopic (exact) mass is 316 g/mol. The van der Waals surface area contributed by atoms with Crippen molar-refractivity contribution in [3.8, 4) is 11.1 Å². The quantitative estimate of drug-likeness (QED) is 0.920. The highest BCUT2D eigenvalue weighted by Gasteiger charge is 2.32. The van der Waals surface area contributed by atoms with Gasteiger partial charge in [-0.1, -0.05) is 62.4 Å². The molecule has 0 heterocycles. The molecule has 3 heteroatoms. The van der Waals surface area contributed by atoms with Crippen LogP contribution in [0.4, 0.5) is 0 Å². The molecule has 0 saturated carbocycles. The predicted octanol–water partition coefficient (Wildman–Crippen LogP) is 4.09. The molecule has 0 saturated heterocycles. The SMILES string of the molecule is CN(CC(C)(C)CN)C1c2ccccc2-c2ccccc21.Cl. The smallest absolute Gasteiger partial charge is 0.0611 e. The number of rotatable bonds is 4. The lowest BCUT2D eigenvalue weighted by Gasteiger charge is -2.34. The summed E-state index contributed by atoms with van der Waals surface area (Å²) in [5.41, 5.74) is 11.6. The molecule has 1 aliphatic rings. The van der Waals surface area contributed by atoms with Crippen LogP contribution in [0.25, 0.3) is 11.1 Å². The Morgan fingerprint density at radius 3 is 1.86 bits per heavy atom. The molecule has 0 fully saturated rings. The first-order valence-electron chi connectivity index (χ1n) is 7.62. The molecule has 0 amide bonds. The van der Waals surface area contributed by atoms with E-state index < -0.39 is 0 Å². The molecule has 0 atom stereocenters. The van der Waals surface area contributed by atoms with Gasteiger partial charge >= 0.3 is 0 Å². The van der Waals surface area contributed by atoms with Gasteiger partial charge in [0.25, 0.3) is 0 Å². The Morgan fingerprint density at radius 1 is 0.955 bits per heavy atom. The van der Waals surface area contributed by atoms with E-state index in [0.29, 0.717) is 12.6 Å². The number of benzene rings is 2. The Morgan fingerprint density at radius 2 is 1.41 bits per heavy atom. The van der Waals surface area contributed by atoms with E-state index in [1.807, 2.05) is 0 Å². The molecular weight excluding hydrogens is 292 g/mol. The zero-order chi connectivity index (χ0) is 15.0. The topological polar surface area (TPSA) is 29.3 Å². The zero-order valence-corrected chi connectivity index (χ0v) is 14.4. The summed E-state index contributed by atoms with van der Waals surface area (Å²) in [6.45, 7) is 6.15. The summed E-state index contributed by atoms with van der Waals surface area (Å²) < 4.78 is 0. The fourth-order valence-electron chi connectivity index (χ4n) is 3.43. The van der Waals surface area contributed by atoms with Crippen molar-refractivity contribution in [3.63, 3.8) is 0 Å². The summed E-state index contributed by atoms with van der Waals surface area (Å²) in [6, 6.07) is 17.8. The van der Waals surface area contributed by atoms with Gasteiger partial charge in [-0.3, -0.25) is 4.90 Å². The Balaban J connectivity index is 0.00000176. The number of hydrogen-bond acceptors (Lipinski definition) is 2. The van der Waals surface area contributed by atoms with Crippen LogP contribution in [0.3, 0.4) is 0 Å². The molecule has 0 unspecified atom stereocenters. The molecule has 2 aromatic rings. The number of nitrogens with zero attached hydrogens (tertiary/aromatic N) is 1. The van der Waals surface area contributed by atoms with Crippen molar-refractivity contribution in [1.29, 1.82) is 0 Å². The minimum atomic E-state index is 0. The Hall–Kier alpha value is -1.35. The number of hydrogen-bond donors (Lipinski definition) is 1. The molecule has 118 valence electrons. The van der Waals surface area contributed by atoms with E-state index in [-0.39, 0.29) is 17.8 Å². The average Bonchev–Trinajstić information content (AvgIpc) is 2.81. The van der Waals surface area contributed by atoms with Gasteiger partial charge in [0.2, 0.25) is 0 Å². The Kier molecular flexibility index (Phi) is 4.96. The summed E-state index contributed by atoms with van der Waals surface area (Å²) >= 11 is 0. The molecule has 0 aromatic heterocycles. The molecule has 2 N–H and O–H groups in total. The van der Waals surface area contributed by atoms with Crippen LogP contribution in [0.2, 0.25) is 0 Å². The van der Waals surface area contributed by atoms with E-state index in [9.17, 15) is 0 Å². The molecule has 0 spiro atoms. The first-order valence-corrected chi connectivity index (χ1v) is 7.62. The molecular formula is C19H25ClN2. The standard InChI is InChI=1S/C19H24N2.ClH/c1-19(2,12-20)13-21(3)18-16-10-6-4-8-14(16)15-9-5-7-11-17(15)18;/h4-11,18H,12-13,20H2,1-3H3;1H. The third kappa shape index (κ3) is 2.91. The van der Waals surface area contributed by atoms with Gasteiger partial charge in [-0.2, -0.15) is 0 Å². The molecule has 0 aliphatic heterocycles. The number of nitrogens with two attached hydrogens (primary N) is 1. The van der Waals surface area contributed by atoms with E-state index >= 15 is 0 Å². The Bertz CT molecular complexity index is 606. The number of fused-ring (bicyclic) bond motifs is 3. The van der Waals surface area contributed by atoms with E-state index in [4.69, 9.17) is 5.73 Å². The van der Waals surface area contributed by atoms with Crippen LogP contribution in [0.5, 0.6) is 0 Å². The first kappa shape index (κ1) is 17.0. The van der Waals surface area contributed by atoms with E-state index in [1.165, 1.54) is 22.3 Å². The van der Waals surface area contributed by atoms with Gasteiger partial charge in [-0.15, -0.1) is 12.4 Å². The maximum atomic E-state index is 5.92. The van der Waals surface area contributed by atoms with Gasteiger partial charge in [0, 0.05) is 6.54 Å². The maximum absolute atomic E-state index is 5.92. The minimum absolute atomic E-state index is 0. The second kappa shape index (κ2) is 6.41. The lowest BCUT2D eigenvalue weighted by Crippen LogP contribution is -2.38. The van der Waals surface area contributed by atoms with Gasteiger partial charge in [0.05, 0.1) is 6.04 Å². The summed E-state index contributed by atoms with van der Waals surface area (Å²) in [4.78, 5) is 2.44. The fourth-order valence-corrected chi connectivity index (χ4v) is 3.43. The van der Waals surface area contributed by atoms with Crippen LogP contribution in [0, 0.1) is 5.41 Å². The zero-order valence-electron chi connectivity index (χ0n) is 13.5. The summed E-state index contributed by atoms with van der Waals surface area (Å²) in [5.74, 6) is 0. The maximum Gasteiger partial charge on any atom is 0.0611 e. The first-order chi connectivity index (χ1) is 10.0. The van der Waals surface area contributed by atoms with Crippen LogP contribution in [0.15, 0.2) is 48.5 Å². The molecule has 3 rings (SSSR count). The van der Waals surface area contributed by atoms with Crippen molar-refractivity contribution in [3.05, 3.63) is 59.7 Å². The van der Waals surface area contributed by atoms with E-state index in [0.717, 1.165) is 6.54 Å². The third-order valence-electron chi connectivity index (χ3n) is 4.47. The largest absolute Gasteiger partial charge is 0.330 e. The lowest BCUT2D eigenvalue weighted by atomic mass is 9.91. The summed E-state index contributed by atoms with van der Waals surface area (Å²) in [6.07, 6.45) is 0. The van der Waals surface area contributed by atoms with Crippen molar-refractivity contribution in [2.24, 2.45) is 11.1 Å². The molecule has 0 radical (unpaired) electrons. The van der Waals surface area contributed by atoms with Crippen molar-refractivity contribution in [2.75, 3.05) is 20.1 Å². The molecule has 0 bridgehead atoms. The highest BCUT2D eigenvalue weighted by Crippen LogP contribution is 2.46. The van der Waals surface area contributed by atoms with Crippen molar-refractivity contribution in [1.82, 2.24) is 4.90 Å². The van der Waals surface area contributed by atoms with Crippen LogP contribution in [-0.4, -0.2) is 25.0 Å². The highest BCUT2D eigenvalue weighted by molar-refractivity contribution is 5.85. The second-order valence-corrected chi connectivity index (χ2v) is 6.86. The Labute approximate surface area is 139 Å². The minimum Gasteiger partial charge on any atom is -0.330 e. The third-order valence-corrected chi connectivity index (χ3v) is 4.47. The van der Waals surface area contributed by atoms with Gasteiger partial charge < -0.3 is 5.73 Å². The normalized spacial score (nSPS) is 13.7. The highest BCUT2D eigenvalue weighted by atomic mass is 35.5.